The fraction of sp³-hybridized carbons (Fsp3) is 0.304. The lowest BCUT2D eigenvalue weighted by molar-refractivity contribution is -0.128. The number of hydrogen-bond donors (Lipinski definition) is 0. The van der Waals surface area contributed by atoms with Crippen molar-refractivity contribution in [2.75, 3.05) is 43.9 Å². The largest absolute Gasteiger partial charge is 0.495 e. The molecule has 1 saturated heterocycles. The molecule has 2 aromatic carbocycles. The number of amides is 1. The van der Waals surface area contributed by atoms with E-state index in [2.05, 4.69) is 15.1 Å². The van der Waals surface area contributed by atoms with Gasteiger partial charge in [0, 0.05) is 33.2 Å². The molecule has 33 heavy (non-hydrogen) atoms. The summed E-state index contributed by atoms with van der Waals surface area (Å²) in [6.07, 6.45) is 0. The maximum atomic E-state index is 12.9. The lowest BCUT2D eigenvalue weighted by atomic mass is 10.2. The summed E-state index contributed by atoms with van der Waals surface area (Å²) in [7, 11) is 3.35. The maximum absolute atomic E-state index is 12.9. The van der Waals surface area contributed by atoms with Crippen molar-refractivity contribution in [3.05, 3.63) is 58.9 Å². The van der Waals surface area contributed by atoms with Gasteiger partial charge in [-0.3, -0.25) is 18.6 Å². The Kier molecular flexibility index (Phi) is 5.67. The van der Waals surface area contributed by atoms with Crippen LogP contribution in [0.25, 0.3) is 16.7 Å². The molecule has 3 heterocycles. The number of methoxy groups -OCH3 is 1. The minimum absolute atomic E-state index is 0.0607. The molecule has 10 heteroatoms. The molecule has 170 valence electrons. The van der Waals surface area contributed by atoms with Gasteiger partial charge in [-0.2, -0.15) is 0 Å². The number of aromatic nitrogens is 4. The summed E-state index contributed by atoms with van der Waals surface area (Å²) in [6.45, 7) is 2.79. The molecule has 1 aliphatic heterocycles. The maximum Gasteiger partial charge on any atom is 0.262 e. The highest BCUT2D eigenvalue weighted by atomic mass is 32.2. The van der Waals surface area contributed by atoms with Crippen molar-refractivity contribution in [2.45, 2.75) is 5.16 Å². The molecule has 2 aromatic heterocycles. The second-order valence-corrected chi connectivity index (χ2v) is 8.77. The first-order valence-electron chi connectivity index (χ1n) is 10.7. The van der Waals surface area contributed by atoms with E-state index in [0.717, 1.165) is 30.0 Å². The number of aryl methyl sites for hydroxylation is 1. The predicted molar refractivity (Wildman–Crippen MR) is 128 cm³/mol. The number of nitrogens with zero attached hydrogens (tertiary/aromatic N) is 6. The Morgan fingerprint density at radius 2 is 1.76 bits per heavy atom. The summed E-state index contributed by atoms with van der Waals surface area (Å²) in [5.74, 6) is 1.62. The van der Waals surface area contributed by atoms with E-state index in [9.17, 15) is 9.59 Å². The monoisotopic (exact) mass is 464 g/mol. The molecule has 1 amide bonds. The number of benzene rings is 2. The van der Waals surface area contributed by atoms with Crippen LogP contribution in [0.1, 0.15) is 0 Å². The number of thioether (sulfide) groups is 1. The van der Waals surface area contributed by atoms with E-state index in [0.29, 0.717) is 29.4 Å². The van der Waals surface area contributed by atoms with Gasteiger partial charge in [-0.15, -0.1) is 10.2 Å². The highest BCUT2D eigenvalue weighted by molar-refractivity contribution is 7.99. The highest BCUT2D eigenvalue weighted by Gasteiger charge is 2.24. The van der Waals surface area contributed by atoms with E-state index in [1.807, 2.05) is 51.8 Å². The standard InChI is InChI=1S/C23H24N6O3S/c1-26-21(31)16-7-3-4-8-17(16)29-22(26)24-25-23(29)33-15-20(30)28-13-11-27(12-14-28)18-9-5-6-10-19(18)32-2/h3-10H,11-15H2,1-2H3. The molecule has 0 spiro atoms. The van der Waals surface area contributed by atoms with Gasteiger partial charge in [0.25, 0.3) is 5.56 Å². The molecule has 0 N–H and O–H groups in total. The van der Waals surface area contributed by atoms with Gasteiger partial charge in [-0.1, -0.05) is 36.0 Å². The van der Waals surface area contributed by atoms with Gasteiger partial charge < -0.3 is 14.5 Å². The Labute approximate surface area is 194 Å². The molecule has 0 unspecified atom stereocenters. The average Bonchev–Trinajstić information content (AvgIpc) is 3.30. The highest BCUT2D eigenvalue weighted by Crippen LogP contribution is 2.28. The fourth-order valence-electron chi connectivity index (χ4n) is 4.21. The van der Waals surface area contributed by atoms with E-state index >= 15 is 0 Å². The number of hydrogen-bond acceptors (Lipinski definition) is 7. The number of para-hydroxylation sites is 3. The van der Waals surface area contributed by atoms with Gasteiger partial charge in [0.05, 0.1) is 29.5 Å². The quantitative estimate of drug-likeness (QED) is 0.418. The predicted octanol–water partition coefficient (Wildman–Crippen LogP) is 2.03. The molecule has 0 bridgehead atoms. The third-order valence-corrected chi connectivity index (χ3v) is 6.89. The molecule has 0 radical (unpaired) electrons. The molecule has 1 fully saturated rings. The first kappa shape index (κ1) is 21.3. The zero-order valence-corrected chi connectivity index (χ0v) is 19.3. The smallest absolute Gasteiger partial charge is 0.262 e. The van der Waals surface area contributed by atoms with Gasteiger partial charge in [-0.25, -0.2) is 0 Å². The van der Waals surface area contributed by atoms with Gasteiger partial charge in [0.15, 0.2) is 5.16 Å². The van der Waals surface area contributed by atoms with Crippen LogP contribution in [0.15, 0.2) is 58.5 Å². The van der Waals surface area contributed by atoms with E-state index < -0.39 is 0 Å². The zero-order chi connectivity index (χ0) is 22.9. The van der Waals surface area contributed by atoms with Crippen LogP contribution in [-0.4, -0.2) is 69.0 Å². The second kappa shape index (κ2) is 8.78. The summed E-state index contributed by atoms with van der Waals surface area (Å²) >= 11 is 1.34. The zero-order valence-electron chi connectivity index (χ0n) is 18.5. The topological polar surface area (TPSA) is 85.0 Å². The Balaban J connectivity index is 1.29. The number of ether oxygens (including phenoxy) is 1. The van der Waals surface area contributed by atoms with Crippen LogP contribution in [0.5, 0.6) is 5.75 Å². The minimum atomic E-state index is -0.119. The molecule has 0 saturated carbocycles. The second-order valence-electron chi connectivity index (χ2n) is 7.83. The molecule has 1 aliphatic rings. The number of carbonyl (C=O) groups excluding carboxylic acids is 1. The van der Waals surface area contributed by atoms with Crippen LogP contribution in [0.3, 0.4) is 0 Å². The van der Waals surface area contributed by atoms with Crippen LogP contribution in [0.4, 0.5) is 5.69 Å². The summed E-state index contributed by atoms with van der Waals surface area (Å²) in [5, 5.41) is 9.64. The Morgan fingerprint density at radius 1 is 1.03 bits per heavy atom. The van der Waals surface area contributed by atoms with Crippen molar-refractivity contribution in [3.63, 3.8) is 0 Å². The third-order valence-electron chi connectivity index (χ3n) is 5.98. The summed E-state index contributed by atoms with van der Waals surface area (Å²) in [5.41, 5.74) is 1.67. The molecule has 0 aliphatic carbocycles. The van der Waals surface area contributed by atoms with Crippen molar-refractivity contribution >= 4 is 40.0 Å². The summed E-state index contributed by atoms with van der Waals surface area (Å²) < 4.78 is 8.80. The molecule has 4 aromatic rings. The lowest BCUT2D eigenvalue weighted by Crippen LogP contribution is -2.49. The van der Waals surface area contributed by atoms with E-state index in [1.54, 1.807) is 20.2 Å². The average molecular weight is 465 g/mol. The first-order valence-corrected chi connectivity index (χ1v) is 11.7. The number of fused-ring (bicyclic) bond motifs is 3. The first-order chi connectivity index (χ1) is 16.1. The van der Waals surface area contributed by atoms with Gasteiger partial charge >= 0.3 is 0 Å². The van der Waals surface area contributed by atoms with Crippen molar-refractivity contribution in [1.29, 1.82) is 0 Å². The van der Waals surface area contributed by atoms with E-state index in [1.165, 1.54) is 16.3 Å². The van der Waals surface area contributed by atoms with Crippen molar-refractivity contribution in [2.24, 2.45) is 7.05 Å². The number of rotatable bonds is 5. The normalized spacial score (nSPS) is 14.2. The Hall–Kier alpha value is -3.53. The van der Waals surface area contributed by atoms with Crippen molar-refractivity contribution in [1.82, 2.24) is 24.1 Å². The molecule has 9 nitrogen and oxygen atoms in total. The summed E-state index contributed by atoms with van der Waals surface area (Å²) in [6, 6.07) is 15.3. The minimum Gasteiger partial charge on any atom is -0.495 e. The van der Waals surface area contributed by atoms with Crippen molar-refractivity contribution < 1.29 is 9.53 Å². The molecule has 0 atom stereocenters. The van der Waals surface area contributed by atoms with Gasteiger partial charge in [0.2, 0.25) is 11.7 Å². The fourth-order valence-corrected chi connectivity index (χ4v) is 5.05. The Bertz CT molecular complexity index is 1390. The van der Waals surface area contributed by atoms with E-state index in [-0.39, 0.29) is 17.2 Å². The van der Waals surface area contributed by atoms with Gasteiger partial charge in [-0.05, 0) is 24.3 Å². The van der Waals surface area contributed by atoms with E-state index in [4.69, 9.17) is 4.74 Å². The molecular weight excluding hydrogens is 440 g/mol. The SMILES string of the molecule is COc1ccccc1N1CCN(C(=O)CSc2nnc3n(C)c(=O)c4ccccc4n23)CC1. The molecular formula is C23H24N6O3S. The van der Waals surface area contributed by atoms with Crippen molar-refractivity contribution in [3.8, 4) is 5.75 Å². The summed E-state index contributed by atoms with van der Waals surface area (Å²) in [4.78, 5) is 29.7. The van der Waals surface area contributed by atoms with Gasteiger partial charge in [0.1, 0.15) is 5.75 Å². The number of carbonyl (C=O) groups is 1. The van der Waals surface area contributed by atoms with Crippen LogP contribution in [-0.2, 0) is 11.8 Å². The number of piperazine rings is 1. The molecule has 5 rings (SSSR count). The third kappa shape index (κ3) is 3.80. The van der Waals surface area contributed by atoms with Crippen LogP contribution < -0.4 is 15.2 Å². The van der Waals surface area contributed by atoms with Crippen LogP contribution in [0, 0.1) is 0 Å². The van der Waals surface area contributed by atoms with Crippen LogP contribution in [0.2, 0.25) is 0 Å². The van der Waals surface area contributed by atoms with Crippen LogP contribution >= 0.6 is 11.8 Å². The Morgan fingerprint density at radius 3 is 2.55 bits per heavy atom. The lowest BCUT2D eigenvalue weighted by Gasteiger charge is -2.36. The number of anilines is 1.